The van der Waals surface area contributed by atoms with Gasteiger partial charge in [0.25, 0.3) is 0 Å². The fourth-order valence-electron chi connectivity index (χ4n) is 2.61. The Morgan fingerprint density at radius 2 is 1.56 bits per heavy atom. The summed E-state index contributed by atoms with van der Waals surface area (Å²) in [6.07, 6.45) is 0.185. The van der Waals surface area contributed by atoms with E-state index in [1.54, 1.807) is 19.2 Å². The van der Waals surface area contributed by atoms with Crippen molar-refractivity contribution in [3.05, 3.63) is 53.1 Å². The van der Waals surface area contributed by atoms with Crippen LogP contribution < -0.4 is 14.2 Å². The Balaban J connectivity index is 2.34. The predicted octanol–water partition coefficient (Wildman–Crippen LogP) is 3.37. The van der Waals surface area contributed by atoms with Gasteiger partial charge in [-0.1, -0.05) is 12.1 Å². The van der Waals surface area contributed by atoms with Crippen LogP contribution in [0.25, 0.3) is 0 Å². The van der Waals surface area contributed by atoms with Gasteiger partial charge in [-0.05, 0) is 36.2 Å². The minimum Gasteiger partial charge on any atom is -0.496 e. The zero-order valence-electron chi connectivity index (χ0n) is 14.6. The molecule has 0 aromatic heterocycles. The van der Waals surface area contributed by atoms with E-state index in [0.717, 1.165) is 16.9 Å². The summed E-state index contributed by atoms with van der Waals surface area (Å²) in [7, 11) is -1.19. The Morgan fingerprint density at radius 1 is 0.960 bits per heavy atom. The van der Waals surface area contributed by atoms with Gasteiger partial charge in [0.15, 0.2) is 0 Å². The number of benzene rings is 2. The summed E-state index contributed by atoms with van der Waals surface area (Å²) in [5.41, 5.74) is 2.32. The highest BCUT2D eigenvalue weighted by Crippen LogP contribution is 2.43. The van der Waals surface area contributed by atoms with E-state index in [1.165, 1.54) is 7.11 Å². The maximum absolute atomic E-state index is 11.4. The summed E-state index contributed by atoms with van der Waals surface area (Å²) < 4.78 is 27.5. The third kappa shape index (κ3) is 5.49. The monoisotopic (exact) mass is 366 g/mol. The minimum atomic E-state index is -4.21. The molecule has 0 heterocycles. The van der Waals surface area contributed by atoms with E-state index in [1.807, 2.05) is 31.2 Å². The fraction of sp³-hybridized carbons (Fsp3) is 0.333. The van der Waals surface area contributed by atoms with Crippen LogP contribution in [0.4, 0.5) is 0 Å². The van der Waals surface area contributed by atoms with Gasteiger partial charge in [0.1, 0.15) is 17.2 Å². The molecule has 25 heavy (non-hydrogen) atoms. The van der Waals surface area contributed by atoms with Gasteiger partial charge in [0.05, 0.1) is 27.0 Å². The van der Waals surface area contributed by atoms with E-state index in [4.69, 9.17) is 14.2 Å². The molecule has 2 aromatic carbocycles. The third-order valence-corrected chi connectivity index (χ3v) is 4.44. The first-order valence-corrected chi connectivity index (χ1v) is 9.66. The number of ether oxygens (including phenoxy) is 3. The van der Waals surface area contributed by atoms with Crippen molar-refractivity contribution in [2.24, 2.45) is 0 Å². The average molecular weight is 366 g/mol. The molecule has 2 aromatic rings. The van der Waals surface area contributed by atoms with Crippen molar-refractivity contribution >= 4 is 7.60 Å². The molecule has 2 N–H and O–H groups in total. The first-order valence-electron chi connectivity index (χ1n) is 7.86. The van der Waals surface area contributed by atoms with Crippen LogP contribution >= 0.6 is 7.60 Å². The molecule has 2 rings (SSSR count). The van der Waals surface area contributed by atoms with Crippen molar-refractivity contribution in [1.29, 1.82) is 0 Å². The van der Waals surface area contributed by atoms with Crippen molar-refractivity contribution in [3.8, 4) is 17.2 Å². The van der Waals surface area contributed by atoms with Crippen LogP contribution in [0.3, 0.4) is 0 Å². The van der Waals surface area contributed by atoms with Gasteiger partial charge in [0, 0.05) is 18.1 Å². The number of methoxy groups -OCH3 is 2. The van der Waals surface area contributed by atoms with E-state index in [0.29, 0.717) is 30.1 Å². The van der Waals surface area contributed by atoms with E-state index in [-0.39, 0.29) is 6.16 Å². The summed E-state index contributed by atoms with van der Waals surface area (Å²) in [5.74, 6) is 1.81. The van der Waals surface area contributed by atoms with E-state index >= 15 is 0 Å². The van der Waals surface area contributed by atoms with E-state index in [2.05, 4.69) is 0 Å². The molecule has 0 spiro atoms. The second-order valence-electron chi connectivity index (χ2n) is 5.55. The lowest BCUT2D eigenvalue weighted by Crippen LogP contribution is -2.00. The summed E-state index contributed by atoms with van der Waals surface area (Å²) in [6.45, 7) is 2.54. The molecule has 0 saturated carbocycles. The molecule has 0 bridgehead atoms. The number of rotatable bonds is 8. The Labute approximate surface area is 147 Å². The van der Waals surface area contributed by atoms with Crippen LogP contribution in [-0.4, -0.2) is 30.6 Å². The Hall–Kier alpha value is -2.01. The topological polar surface area (TPSA) is 85.2 Å². The molecule has 7 heteroatoms. The SMILES string of the molecule is CCOc1ccc(Cc2cc(CP(=O)(O)O)c(OC)cc2OC)cc1. The quantitative estimate of drug-likeness (QED) is 0.697. The number of hydrogen-bond donors (Lipinski definition) is 2. The molecule has 0 atom stereocenters. The van der Waals surface area contributed by atoms with Crippen molar-refractivity contribution in [2.45, 2.75) is 19.5 Å². The maximum Gasteiger partial charge on any atom is 0.330 e. The van der Waals surface area contributed by atoms with Crippen LogP contribution in [0.15, 0.2) is 36.4 Å². The van der Waals surface area contributed by atoms with Gasteiger partial charge in [-0.2, -0.15) is 0 Å². The third-order valence-electron chi connectivity index (χ3n) is 3.69. The van der Waals surface area contributed by atoms with Gasteiger partial charge in [-0.25, -0.2) is 0 Å². The van der Waals surface area contributed by atoms with E-state index < -0.39 is 7.60 Å². The highest BCUT2D eigenvalue weighted by atomic mass is 31.2. The molecule has 0 aliphatic rings. The highest BCUT2D eigenvalue weighted by molar-refractivity contribution is 7.50. The lowest BCUT2D eigenvalue weighted by Gasteiger charge is -2.16. The molecule has 136 valence electrons. The maximum atomic E-state index is 11.4. The summed E-state index contributed by atoms with van der Waals surface area (Å²) >= 11 is 0. The molecular weight excluding hydrogens is 343 g/mol. The van der Waals surface area contributed by atoms with Crippen LogP contribution in [0.2, 0.25) is 0 Å². The Bertz CT molecular complexity index is 751. The molecule has 0 radical (unpaired) electrons. The Kier molecular flexibility index (Phi) is 6.48. The van der Waals surface area contributed by atoms with Crippen LogP contribution in [0.5, 0.6) is 17.2 Å². The van der Waals surface area contributed by atoms with Crippen LogP contribution in [-0.2, 0) is 17.1 Å². The fourth-order valence-corrected chi connectivity index (χ4v) is 3.30. The van der Waals surface area contributed by atoms with Crippen molar-refractivity contribution < 1.29 is 28.6 Å². The zero-order chi connectivity index (χ0) is 18.4. The normalized spacial score (nSPS) is 11.2. The molecule has 0 aliphatic heterocycles. The lowest BCUT2D eigenvalue weighted by atomic mass is 10.0. The summed E-state index contributed by atoms with van der Waals surface area (Å²) in [5, 5.41) is 0. The van der Waals surface area contributed by atoms with Crippen molar-refractivity contribution in [1.82, 2.24) is 0 Å². The Morgan fingerprint density at radius 3 is 2.08 bits per heavy atom. The summed E-state index contributed by atoms with van der Waals surface area (Å²) in [4.78, 5) is 18.6. The van der Waals surface area contributed by atoms with Gasteiger partial charge >= 0.3 is 7.60 Å². The second-order valence-corrected chi connectivity index (χ2v) is 7.20. The van der Waals surface area contributed by atoms with Gasteiger partial charge in [-0.3, -0.25) is 4.57 Å². The number of hydrogen-bond acceptors (Lipinski definition) is 4. The molecule has 0 amide bonds. The van der Waals surface area contributed by atoms with Crippen molar-refractivity contribution in [3.63, 3.8) is 0 Å². The second kappa shape index (κ2) is 8.39. The van der Waals surface area contributed by atoms with Gasteiger partial charge < -0.3 is 24.0 Å². The average Bonchev–Trinajstić information content (AvgIpc) is 2.56. The van der Waals surface area contributed by atoms with Gasteiger partial charge in [0.2, 0.25) is 0 Å². The molecule has 0 fully saturated rings. The van der Waals surface area contributed by atoms with E-state index in [9.17, 15) is 14.4 Å². The molecule has 6 nitrogen and oxygen atoms in total. The van der Waals surface area contributed by atoms with Crippen molar-refractivity contribution in [2.75, 3.05) is 20.8 Å². The summed E-state index contributed by atoms with van der Waals surface area (Å²) in [6, 6.07) is 11.1. The van der Waals surface area contributed by atoms with Crippen LogP contribution in [0, 0.1) is 0 Å². The molecule has 0 saturated heterocycles. The molecule has 0 aliphatic carbocycles. The predicted molar refractivity (Wildman–Crippen MR) is 95.7 cm³/mol. The smallest absolute Gasteiger partial charge is 0.330 e. The highest BCUT2D eigenvalue weighted by Gasteiger charge is 2.20. The first kappa shape index (κ1) is 19.3. The minimum absolute atomic E-state index is 0.379. The largest absolute Gasteiger partial charge is 0.496 e. The first-order chi connectivity index (χ1) is 11.9. The lowest BCUT2D eigenvalue weighted by molar-refractivity contribution is 0.340. The molecule has 0 unspecified atom stereocenters. The standard InChI is InChI=1S/C18H23O6P/c1-4-24-16-7-5-13(6-8-16)9-14-10-15(12-25(19,20)21)18(23-3)11-17(14)22-2/h5-8,10-11H,4,9,12H2,1-3H3,(H2,19,20,21). The van der Waals surface area contributed by atoms with Crippen LogP contribution in [0.1, 0.15) is 23.6 Å². The van der Waals surface area contributed by atoms with Gasteiger partial charge in [-0.15, -0.1) is 0 Å². The molecular formula is C18H23O6P. The zero-order valence-corrected chi connectivity index (χ0v) is 15.5.